The molecule has 1 spiro atoms. The number of hydrogen-bond donors (Lipinski definition) is 0. The van der Waals surface area contributed by atoms with Crippen LogP contribution in [0, 0.1) is 0 Å². The molecule has 143 heavy (non-hydrogen) atoms. The lowest BCUT2D eigenvalue weighted by atomic mass is 9.67. The van der Waals surface area contributed by atoms with Gasteiger partial charge in [-0.25, -0.2) is 0 Å². The zero-order valence-electron chi connectivity index (χ0n) is 79.3. The van der Waals surface area contributed by atoms with E-state index in [2.05, 4.69) is 499 Å². The van der Waals surface area contributed by atoms with Gasteiger partial charge in [0.15, 0.2) is 11.2 Å². The molecule has 0 amide bonds. The van der Waals surface area contributed by atoms with E-state index in [0.717, 1.165) is 200 Å². The molecule has 0 aliphatic heterocycles. The van der Waals surface area contributed by atoms with Crippen LogP contribution in [-0.2, 0) is 21.7 Å². The smallest absolute Gasteiger partial charge is 0.160 e. The van der Waals surface area contributed by atoms with Gasteiger partial charge in [-0.05, 0) is 270 Å². The van der Waals surface area contributed by atoms with Crippen molar-refractivity contribution in [3.8, 4) is 89.0 Å². The predicted molar refractivity (Wildman–Crippen MR) is 592 cm³/mol. The molecule has 6 heteroatoms. The zero-order valence-corrected chi connectivity index (χ0v) is 79.3. The average molecular weight is 1830 g/mol. The summed E-state index contributed by atoms with van der Waals surface area (Å²) in [4.78, 5) is 4.88. The summed E-state index contributed by atoms with van der Waals surface area (Å²) in [5.41, 5.74) is 42.8. The Hall–Kier alpha value is -17.8. The molecule has 0 N–H and O–H groups in total. The summed E-state index contributed by atoms with van der Waals surface area (Å²) < 4.78 is 29.4. The minimum atomic E-state index is -0.808. The third-order valence-corrected chi connectivity index (χ3v) is 32.3. The van der Waals surface area contributed by atoms with Crippen molar-refractivity contribution in [3.63, 3.8) is 0 Å². The highest BCUT2D eigenvalue weighted by atomic mass is 16.3. The number of hydrogen-bond acceptors (Lipinski definition) is 6. The van der Waals surface area contributed by atoms with Crippen LogP contribution in [0.15, 0.2) is 473 Å². The number of benzene rings is 22. The lowest BCUT2D eigenvalue weighted by Gasteiger charge is -2.35. The topological polar surface area (TPSA) is 59.0 Å². The van der Waals surface area contributed by atoms with E-state index in [4.69, 9.17) is 17.7 Å². The van der Waals surface area contributed by atoms with Gasteiger partial charge < -0.3 is 27.5 Å². The van der Waals surface area contributed by atoms with Crippen molar-refractivity contribution in [3.05, 3.63) is 516 Å². The van der Waals surface area contributed by atoms with Crippen molar-refractivity contribution < 1.29 is 17.7 Å². The van der Waals surface area contributed by atoms with Gasteiger partial charge in [0.05, 0.1) is 22.2 Å². The largest absolute Gasteiger partial charge is 0.455 e. The molecule has 22 aromatic carbocycles. The lowest BCUT2D eigenvalue weighted by molar-refractivity contribution is 0.590. The summed E-state index contributed by atoms with van der Waals surface area (Å²) in [7, 11) is 0. The average Bonchev–Trinajstić information content (AvgIpc) is 1.48. The molecule has 30 rings (SSSR count). The molecule has 4 aliphatic carbocycles. The molecule has 4 aromatic heterocycles. The molecule has 0 saturated carbocycles. The van der Waals surface area contributed by atoms with Crippen LogP contribution in [-0.4, -0.2) is 0 Å². The fourth-order valence-corrected chi connectivity index (χ4v) is 25.6. The second-order valence-corrected chi connectivity index (χ2v) is 41.1. The molecule has 672 valence electrons. The van der Waals surface area contributed by atoms with Gasteiger partial charge in [0.2, 0.25) is 0 Å². The molecule has 0 atom stereocenters. The Kier molecular flexibility index (Phi) is 17.1. The summed E-state index contributed by atoms with van der Waals surface area (Å²) in [6, 6.07) is 169. The van der Waals surface area contributed by atoms with Crippen molar-refractivity contribution >= 4 is 143 Å². The summed E-state index contributed by atoms with van der Waals surface area (Å²) in [6.45, 7) is 11.7. The van der Waals surface area contributed by atoms with Crippen molar-refractivity contribution in [1.82, 2.24) is 0 Å². The molecular weight excluding hydrogens is 1740 g/mol. The molecule has 0 unspecified atom stereocenters. The lowest BCUT2D eigenvalue weighted by Crippen LogP contribution is -2.28. The zero-order chi connectivity index (χ0) is 94.6. The van der Waals surface area contributed by atoms with Crippen LogP contribution >= 0.6 is 0 Å². The van der Waals surface area contributed by atoms with Gasteiger partial charge in [0.1, 0.15) is 33.5 Å². The molecule has 4 aliphatic rings. The minimum absolute atomic E-state index is 0.0699. The van der Waals surface area contributed by atoms with Gasteiger partial charge in [-0.15, -0.1) is 0 Å². The quantitative estimate of drug-likeness (QED) is 0.121. The number of para-hydroxylation sites is 4. The monoisotopic (exact) mass is 1830 g/mol. The Bertz CT molecular complexity index is 9830. The van der Waals surface area contributed by atoms with Gasteiger partial charge in [-0.3, -0.25) is 0 Å². The highest BCUT2D eigenvalue weighted by Gasteiger charge is 2.55. The third-order valence-electron chi connectivity index (χ3n) is 32.3. The first kappa shape index (κ1) is 81.2. The maximum absolute atomic E-state index is 7.50. The van der Waals surface area contributed by atoms with Crippen LogP contribution < -0.4 is 9.80 Å². The first-order valence-electron chi connectivity index (χ1n) is 49.8. The second-order valence-electron chi connectivity index (χ2n) is 41.1. The fourth-order valence-electron chi connectivity index (χ4n) is 25.6. The van der Waals surface area contributed by atoms with Crippen molar-refractivity contribution in [2.75, 3.05) is 9.80 Å². The van der Waals surface area contributed by atoms with Crippen LogP contribution in [0.25, 0.3) is 198 Å². The maximum Gasteiger partial charge on any atom is 0.160 e. The minimum Gasteiger partial charge on any atom is -0.455 e. The number of rotatable bonds is 12. The molecule has 0 bridgehead atoms. The third kappa shape index (κ3) is 11.6. The van der Waals surface area contributed by atoms with Crippen molar-refractivity contribution in [2.24, 2.45) is 0 Å². The van der Waals surface area contributed by atoms with Crippen LogP contribution in [0.3, 0.4) is 0 Å². The highest BCUT2D eigenvalue weighted by Crippen LogP contribution is 2.69. The number of furan rings is 4. The Morgan fingerprint density at radius 1 is 0.210 bits per heavy atom. The van der Waals surface area contributed by atoms with Crippen LogP contribution in [0.2, 0.25) is 0 Å². The highest BCUT2D eigenvalue weighted by molar-refractivity contribution is 6.26. The summed E-state index contributed by atoms with van der Waals surface area (Å²) in [5, 5.41) is 13.4. The van der Waals surface area contributed by atoms with E-state index in [1.54, 1.807) is 0 Å². The summed E-state index contributed by atoms with van der Waals surface area (Å²) >= 11 is 0. The van der Waals surface area contributed by atoms with Crippen molar-refractivity contribution in [1.29, 1.82) is 0 Å². The summed E-state index contributed by atoms with van der Waals surface area (Å²) in [6.07, 6.45) is 0. The van der Waals surface area contributed by atoms with E-state index in [-0.39, 0.29) is 10.8 Å². The molecule has 6 nitrogen and oxygen atoms in total. The van der Waals surface area contributed by atoms with Crippen LogP contribution in [0.5, 0.6) is 0 Å². The first-order chi connectivity index (χ1) is 70.3. The summed E-state index contributed by atoms with van der Waals surface area (Å²) in [5.74, 6) is 0. The van der Waals surface area contributed by atoms with Gasteiger partial charge in [-0.1, -0.05) is 374 Å². The van der Waals surface area contributed by atoms with Gasteiger partial charge >= 0.3 is 0 Å². The SMILES string of the molecule is CC(C)(C)c1ccc(N(c2ccc(-c3ccc4ccc(-c5ccc6c(c5)-c5ccc(-c7ccc(N(c8ccc(-c9ccc%10ccccc%10c9)cc8)c8cc9c(c%10c8oc8ccccc8%10)-c8c(ccc%10c8oc8ccccc8%10)C9(c8ccccc8)c8ccccc8)cc7)cc5C6(C)C)cc4c3)cc2)c2cc3c(c4c2oc2ccccc24)-c2c(ccc4c2oc2ccccc24)C32c3ccccc3-c3ccccc32)cc1. The van der Waals surface area contributed by atoms with E-state index in [9.17, 15) is 0 Å². The molecule has 0 saturated heterocycles. The number of fused-ring (bicyclic) bond motifs is 34. The molecular formula is C137H90N2O4. The number of anilines is 6. The number of nitrogens with zero attached hydrogens (tertiary/aromatic N) is 2. The first-order valence-corrected chi connectivity index (χ1v) is 49.8. The van der Waals surface area contributed by atoms with E-state index in [1.165, 1.54) is 93.9 Å². The van der Waals surface area contributed by atoms with Gasteiger partial charge in [0, 0.05) is 93.5 Å². The molecule has 26 aromatic rings. The van der Waals surface area contributed by atoms with E-state index >= 15 is 0 Å². The standard InChI is InChI=1S/C137H90N2O4/c1-134(2,3)93-58-66-99(67-59-93)139(119-80-117-127(125-108-37-19-25-43-123(108)143-133(119)125)129-114(73-70-106-104-35-17-23-41-121(104)141-131(106)129)137(117)111-38-20-14-32-100(111)101-33-15-21-39-112(101)137)98-62-52-83(53-63-98)88-48-45-85-46-49-89(76-92(85)75-88)90-57-71-110-109(77-90)102-68-56-91(78-115(102)135(110,4)5)84-54-64-97(65-55-84)138(96-60-50-82(51-61-96)87-47-44-81-26-12-13-27-86(81)74-87)118-79-116-126(124-107-36-18-24-42-122(107)142-132(118)124)128-113(72-69-105-103-34-16-22-40-120(103)140-130(105)128)136(116,94-28-8-6-9-29-94)95-30-10-7-11-31-95/h6-80H,1-5H3. The van der Waals surface area contributed by atoms with E-state index in [1.807, 2.05) is 0 Å². The van der Waals surface area contributed by atoms with Crippen molar-refractivity contribution in [2.45, 2.75) is 56.3 Å². The van der Waals surface area contributed by atoms with Gasteiger partial charge in [0.25, 0.3) is 0 Å². The predicted octanol–water partition coefficient (Wildman–Crippen LogP) is 37.5. The van der Waals surface area contributed by atoms with E-state index < -0.39 is 10.8 Å². The van der Waals surface area contributed by atoms with Crippen LogP contribution in [0.4, 0.5) is 34.1 Å². The fraction of sp³-hybridized carbons (Fsp3) is 0.0657. The Morgan fingerprint density at radius 2 is 0.559 bits per heavy atom. The Morgan fingerprint density at radius 3 is 1.06 bits per heavy atom. The Labute approximate surface area is 826 Å². The van der Waals surface area contributed by atoms with Crippen LogP contribution in [0.1, 0.15) is 95.8 Å². The molecule has 0 fully saturated rings. The Balaban J connectivity index is 0.516. The molecule has 0 radical (unpaired) electrons. The molecule has 4 heterocycles. The van der Waals surface area contributed by atoms with E-state index in [0.29, 0.717) is 0 Å². The second kappa shape index (κ2) is 30.1. The normalized spacial score (nSPS) is 13.8. The van der Waals surface area contributed by atoms with Gasteiger partial charge in [-0.2, -0.15) is 0 Å². The maximum atomic E-state index is 7.50.